The molecule has 0 saturated heterocycles. The second kappa shape index (κ2) is 6.72. The normalized spacial score (nSPS) is 10.8. The number of aromatic nitrogens is 3. The molecule has 6 nitrogen and oxygen atoms in total. The molecule has 0 atom stereocenters. The van der Waals surface area contributed by atoms with Gasteiger partial charge in [-0.3, -0.25) is 9.78 Å². The second-order valence-corrected chi connectivity index (χ2v) is 5.64. The minimum atomic E-state index is -0.366. The Hall–Kier alpha value is -3.61. The number of amides is 1. The zero-order valence-corrected chi connectivity index (χ0v) is 13.5. The molecule has 2 aromatic carbocycles. The van der Waals surface area contributed by atoms with Crippen molar-refractivity contribution >= 4 is 22.5 Å². The molecule has 4 aromatic rings. The maximum atomic E-state index is 12.9. The van der Waals surface area contributed by atoms with Gasteiger partial charge in [-0.25, -0.2) is 4.39 Å². The van der Waals surface area contributed by atoms with Crippen LogP contribution in [0.2, 0.25) is 0 Å². The third-order valence-electron chi connectivity index (χ3n) is 3.76. The molecule has 0 spiro atoms. The first-order valence-electron chi connectivity index (χ1n) is 7.90. The molecule has 0 unspecified atom stereocenters. The summed E-state index contributed by atoms with van der Waals surface area (Å²) in [5.41, 5.74) is 2.12. The summed E-state index contributed by atoms with van der Waals surface area (Å²) in [5, 5.41) is 11.5. The molecule has 2 heterocycles. The summed E-state index contributed by atoms with van der Waals surface area (Å²) in [6.45, 7) is 0. The summed E-state index contributed by atoms with van der Waals surface area (Å²) in [4.78, 5) is 16.3. The van der Waals surface area contributed by atoms with Crippen LogP contribution in [0.4, 0.5) is 10.1 Å². The van der Waals surface area contributed by atoms with Crippen molar-refractivity contribution in [2.75, 3.05) is 5.32 Å². The lowest BCUT2D eigenvalue weighted by Gasteiger charge is -2.02. The number of nitrogens with zero attached hydrogens (tertiary/aromatic N) is 3. The van der Waals surface area contributed by atoms with E-state index in [1.165, 1.54) is 24.3 Å². The Bertz CT molecular complexity index is 1080. The van der Waals surface area contributed by atoms with Crippen LogP contribution >= 0.6 is 0 Å². The van der Waals surface area contributed by atoms with Gasteiger partial charge in [-0.15, -0.1) is 10.2 Å². The zero-order valence-electron chi connectivity index (χ0n) is 13.5. The van der Waals surface area contributed by atoms with Gasteiger partial charge in [0, 0.05) is 22.8 Å². The Balaban J connectivity index is 1.48. The highest BCUT2D eigenvalue weighted by molar-refractivity contribution is 5.91. The maximum Gasteiger partial charge on any atom is 0.247 e. The van der Waals surface area contributed by atoms with Gasteiger partial charge in [0.15, 0.2) is 0 Å². The van der Waals surface area contributed by atoms with Gasteiger partial charge in [-0.05, 0) is 48.5 Å². The number of fused-ring (bicyclic) bond motifs is 1. The minimum Gasteiger partial charge on any atom is -0.420 e. The van der Waals surface area contributed by atoms with Crippen molar-refractivity contribution in [1.29, 1.82) is 0 Å². The summed E-state index contributed by atoms with van der Waals surface area (Å²) >= 11 is 0. The number of nitrogens with one attached hydrogen (secondary N) is 1. The Labute approximate surface area is 147 Å². The number of benzene rings is 2. The zero-order chi connectivity index (χ0) is 17.9. The highest BCUT2D eigenvalue weighted by Gasteiger charge is 2.13. The number of hydrogen-bond donors (Lipinski definition) is 1. The Morgan fingerprint density at radius 3 is 2.77 bits per heavy atom. The van der Waals surface area contributed by atoms with E-state index in [9.17, 15) is 9.18 Å². The summed E-state index contributed by atoms with van der Waals surface area (Å²) in [5.74, 6) is -0.157. The largest absolute Gasteiger partial charge is 0.420 e. The standard InChI is InChI=1S/C19H13FN4O2/c20-14-4-6-15(7-5-14)22-17(25)11-18-23-24-19(26-18)13-3-8-16-12(10-13)2-1-9-21-16/h1-10H,11H2,(H,22,25). The van der Waals surface area contributed by atoms with Crippen molar-refractivity contribution in [2.45, 2.75) is 6.42 Å². The van der Waals surface area contributed by atoms with E-state index < -0.39 is 0 Å². The number of anilines is 1. The molecule has 0 saturated carbocycles. The Kier molecular flexibility index (Phi) is 4.10. The van der Waals surface area contributed by atoms with Gasteiger partial charge >= 0.3 is 0 Å². The van der Waals surface area contributed by atoms with Crippen LogP contribution < -0.4 is 5.32 Å². The first kappa shape index (κ1) is 15.9. The molecule has 2 aromatic heterocycles. The first-order valence-corrected chi connectivity index (χ1v) is 7.90. The van der Waals surface area contributed by atoms with E-state index in [4.69, 9.17) is 4.42 Å². The van der Waals surface area contributed by atoms with E-state index in [0.29, 0.717) is 11.6 Å². The topological polar surface area (TPSA) is 80.9 Å². The van der Waals surface area contributed by atoms with Crippen LogP contribution in [0.5, 0.6) is 0 Å². The number of rotatable bonds is 4. The quantitative estimate of drug-likeness (QED) is 0.609. The van der Waals surface area contributed by atoms with E-state index in [1.807, 2.05) is 30.3 Å². The maximum absolute atomic E-state index is 12.9. The third kappa shape index (κ3) is 3.41. The minimum absolute atomic E-state index is 0.0699. The van der Waals surface area contributed by atoms with Crippen LogP contribution in [-0.4, -0.2) is 21.1 Å². The van der Waals surface area contributed by atoms with Crippen molar-refractivity contribution in [3.05, 3.63) is 72.5 Å². The smallest absolute Gasteiger partial charge is 0.247 e. The van der Waals surface area contributed by atoms with Crippen molar-refractivity contribution < 1.29 is 13.6 Å². The lowest BCUT2D eigenvalue weighted by atomic mass is 10.1. The van der Waals surface area contributed by atoms with Crippen LogP contribution in [-0.2, 0) is 11.2 Å². The van der Waals surface area contributed by atoms with Gasteiger partial charge in [-0.1, -0.05) is 6.07 Å². The van der Waals surface area contributed by atoms with Gasteiger partial charge < -0.3 is 9.73 Å². The molecule has 0 aliphatic carbocycles. The lowest BCUT2D eigenvalue weighted by molar-refractivity contribution is -0.115. The number of carbonyl (C=O) groups is 1. The average molecular weight is 348 g/mol. The summed E-state index contributed by atoms with van der Waals surface area (Å²) in [6, 6.07) is 14.9. The molecule has 0 aliphatic rings. The third-order valence-corrected chi connectivity index (χ3v) is 3.76. The lowest BCUT2D eigenvalue weighted by Crippen LogP contribution is -2.14. The molecule has 26 heavy (non-hydrogen) atoms. The van der Waals surface area contributed by atoms with E-state index in [-0.39, 0.29) is 24.0 Å². The fourth-order valence-electron chi connectivity index (χ4n) is 2.53. The van der Waals surface area contributed by atoms with Gasteiger partial charge in [0.1, 0.15) is 12.2 Å². The van der Waals surface area contributed by atoms with E-state index in [2.05, 4.69) is 20.5 Å². The predicted molar refractivity (Wildman–Crippen MR) is 93.8 cm³/mol. The van der Waals surface area contributed by atoms with Crippen molar-refractivity contribution in [3.8, 4) is 11.5 Å². The molecule has 7 heteroatoms. The Morgan fingerprint density at radius 1 is 1.08 bits per heavy atom. The second-order valence-electron chi connectivity index (χ2n) is 5.64. The van der Waals surface area contributed by atoms with Crippen LogP contribution in [0.15, 0.2) is 65.2 Å². The van der Waals surface area contributed by atoms with E-state index in [1.54, 1.807) is 6.20 Å². The van der Waals surface area contributed by atoms with Crippen molar-refractivity contribution in [2.24, 2.45) is 0 Å². The van der Waals surface area contributed by atoms with Gasteiger partial charge in [0.05, 0.1) is 5.52 Å². The molecule has 0 aliphatic heterocycles. The van der Waals surface area contributed by atoms with Crippen LogP contribution in [0, 0.1) is 5.82 Å². The molecular weight excluding hydrogens is 335 g/mol. The Morgan fingerprint density at radius 2 is 1.92 bits per heavy atom. The fraction of sp³-hybridized carbons (Fsp3) is 0.0526. The van der Waals surface area contributed by atoms with Gasteiger partial charge in [-0.2, -0.15) is 0 Å². The van der Waals surface area contributed by atoms with Crippen molar-refractivity contribution in [1.82, 2.24) is 15.2 Å². The van der Waals surface area contributed by atoms with Crippen LogP contribution in [0.25, 0.3) is 22.4 Å². The molecule has 0 fully saturated rings. The van der Waals surface area contributed by atoms with Crippen molar-refractivity contribution in [3.63, 3.8) is 0 Å². The molecule has 4 rings (SSSR count). The van der Waals surface area contributed by atoms with E-state index in [0.717, 1.165) is 16.5 Å². The fourth-order valence-corrected chi connectivity index (χ4v) is 2.53. The number of hydrogen-bond acceptors (Lipinski definition) is 5. The predicted octanol–water partition coefficient (Wildman–Crippen LogP) is 3.61. The molecule has 1 N–H and O–H groups in total. The summed E-state index contributed by atoms with van der Waals surface area (Å²) in [7, 11) is 0. The van der Waals surface area contributed by atoms with Crippen LogP contribution in [0.1, 0.15) is 5.89 Å². The molecule has 0 bridgehead atoms. The SMILES string of the molecule is O=C(Cc1nnc(-c2ccc3ncccc3c2)o1)Nc1ccc(F)cc1. The summed E-state index contributed by atoms with van der Waals surface area (Å²) in [6.07, 6.45) is 1.66. The summed E-state index contributed by atoms with van der Waals surface area (Å²) < 4.78 is 18.5. The monoisotopic (exact) mass is 348 g/mol. The molecule has 1 amide bonds. The van der Waals surface area contributed by atoms with E-state index >= 15 is 0 Å². The molecule has 128 valence electrons. The van der Waals surface area contributed by atoms with Crippen LogP contribution in [0.3, 0.4) is 0 Å². The van der Waals surface area contributed by atoms with Gasteiger partial charge in [0.2, 0.25) is 17.7 Å². The first-order chi connectivity index (χ1) is 12.7. The number of halogens is 1. The molecule has 0 radical (unpaired) electrons. The average Bonchev–Trinajstić information content (AvgIpc) is 3.11. The highest BCUT2D eigenvalue weighted by Crippen LogP contribution is 2.22. The molecular formula is C19H13FN4O2. The highest BCUT2D eigenvalue weighted by atomic mass is 19.1. The number of pyridine rings is 1. The van der Waals surface area contributed by atoms with Gasteiger partial charge in [0.25, 0.3) is 0 Å². The number of carbonyl (C=O) groups excluding carboxylic acids is 1.